The molecule has 0 fully saturated rings. The van der Waals surface area contributed by atoms with E-state index in [9.17, 15) is 0 Å². The fourth-order valence-corrected chi connectivity index (χ4v) is 12.5. The predicted octanol–water partition coefficient (Wildman–Crippen LogP) is 7.43. The largest absolute Gasteiger partial charge is 0.179 e. The van der Waals surface area contributed by atoms with Crippen LogP contribution >= 0.6 is 0 Å². The van der Waals surface area contributed by atoms with Gasteiger partial charge in [0.25, 0.3) is 0 Å². The molecule has 208 valence electrons. The fourth-order valence-electron chi connectivity index (χ4n) is 7.75. The van der Waals surface area contributed by atoms with E-state index in [1.165, 1.54) is 54.1 Å². The molecule has 0 amide bonds. The lowest BCUT2D eigenvalue weighted by atomic mass is 9.68. The first-order valence-corrected chi connectivity index (χ1v) is 17.4. The third-order valence-electron chi connectivity index (χ3n) is 9.53. The molecule has 0 saturated carbocycles. The molecule has 0 N–H and O–H groups in total. The number of hydrogen-bond acceptors (Lipinski definition) is 0. The van der Waals surface area contributed by atoms with E-state index >= 15 is 0 Å². The van der Waals surface area contributed by atoms with Crippen LogP contribution in [0.15, 0.2) is 194 Å². The Hall–Kier alpha value is -5.24. The lowest BCUT2D eigenvalue weighted by Gasteiger charge is -2.36. The van der Waals surface area contributed by atoms with Gasteiger partial charge in [-0.1, -0.05) is 194 Å². The summed E-state index contributed by atoms with van der Waals surface area (Å²) in [5, 5.41) is 5.55. The summed E-state index contributed by atoms with van der Waals surface area (Å²) in [6, 6.07) is 72.2. The molecule has 0 atom stereocenters. The zero-order chi connectivity index (χ0) is 29.4. The van der Waals surface area contributed by atoms with Gasteiger partial charge in [-0.25, -0.2) is 0 Å². The van der Waals surface area contributed by atoms with Gasteiger partial charge in [0, 0.05) is 0 Å². The van der Waals surface area contributed by atoms with E-state index in [1.54, 1.807) is 0 Å². The number of benzene rings is 7. The summed E-state index contributed by atoms with van der Waals surface area (Å²) in [7, 11) is -2.61. The van der Waals surface area contributed by atoms with Crippen molar-refractivity contribution in [3.8, 4) is 11.1 Å². The topological polar surface area (TPSA) is 0 Å². The van der Waals surface area contributed by atoms with E-state index in [2.05, 4.69) is 194 Å². The molecule has 0 aliphatic heterocycles. The molecule has 0 nitrogen and oxygen atoms in total. The minimum atomic E-state index is -2.61. The third kappa shape index (κ3) is 3.83. The minimum absolute atomic E-state index is 0.399. The highest BCUT2D eigenvalue weighted by atomic mass is 28.3. The molecule has 7 aromatic rings. The van der Waals surface area contributed by atoms with Crippen LogP contribution in [0.4, 0.5) is 0 Å². The SMILES string of the molecule is c1ccc(C2(c3ccc([Si](c4ccccc4)(c4ccccc4)c4ccccc4)cc3)c3ccccc3-c3ccccc32)cc1. The van der Waals surface area contributed by atoms with Gasteiger partial charge in [-0.05, 0) is 54.1 Å². The zero-order valence-corrected chi connectivity index (χ0v) is 25.5. The maximum Gasteiger partial charge on any atom is 0.179 e. The predicted molar refractivity (Wildman–Crippen MR) is 187 cm³/mol. The molecule has 0 radical (unpaired) electrons. The Bertz CT molecular complexity index is 1800. The van der Waals surface area contributed by atoms with Crippen LogP contribution in [0.3, 0.4) is 0 Å². The first-order chi connectivity index (χ1) is 21.8. The van der Waals surface area contributed by atoms with E-state index in [1.807, 2.05) is 0 Å². The van der Waals surface area contributed by atoms with E-state index in [0.29, 0.717) is 0 Å². The van der Waals surface area contributed by atoms with Gasteiger partial charge < -0.3 is 0 Å². The van der Waals surface area contributed by atoms with Crippen LogP contribution in [0.5, 0.6) is 0 Å². The maximum absolute atomic E-state index is 2.61. The van der Waals surface area contributed by atoms with Crippen LogP contribution < -0.4 is 20.7 Å². The summed E-state index contributed by atoms with van der Waals surface area (Å²) in [6.45, 7) is 0. The third-order valence-corrected chi connectivity index (χ3v) is 14.3. The summed E-state index contributed by atoms with van der Waals surface area (Å²) in [5.74, 6) is 0. The molecule has 44 heavy (non-hydrogen) atoms. The summed E-state index contributed by atoms with van der Waals surface area (Å²) in [4.78, 5) is 0. The van der Waals surface area contributed by atoms with Crippen LogP contribution in [0.25, 0.3) is 11.1 Å². The Morgan fingerprint density at radius 1 is 0.273 bits per heavy atom. The smallest absolute Gasteiger partial charge is 0.0623 e. The first kappa shape index (κ1) is 26.4. The van der Waals surface area contributed by atoms with Crippen LogP contribution in [-0.2, 0) is 5.41 Å². The van der Waals surface area contributed by atoms with Crippen LogP contribution in [-0.4, -0.2) is 8.07 Å². The number of hydrogen-bond donors (Lipinski definition) is 0. The van der Waals surface area contributed by atoms with Gasteiger partial charge in [0.05, 0.1) is 5.41 Å². The van der Waals surface area contributed by atoms with Crippen molar-refractivity contribution in [1.29, 1.82) is 0 Å². The average molecular weight is 577 g/mol. The number of fused-ring (bicyclic) bond motifs is 3. The molecule has 1 heteroatoms. The van der Waals surface area contributed by atoms with Crippen LogP contribution in [0.2, 0.25) is 0 Å². The molecule has 1 aliphatic rings. The van der Waals surface area contributed by atoms with Crippen molar-refractivity contribution in [3.05, 3.63) is 216 Å². The van der Waals surface area contributed by atoms with Crippen molar-refractivity contribution in [3.63, 3.8) is 0 Å². The van der Waals surface area contributed by atoms with E-state index in [0.717, 1.165) is 0 Å². The molecule has 7 aromatic carbocycles. The molecule has 0 spiro atoms. The molecule has 0 unspecified atom stereocenters. The van der Waals surface area contributed by atoms with Crippen LogP contribution in [0.1, 0.15) is 22.3 Å². The highest BCUT2D eigenvalue weighted by Crippen LogP contribution is 2.55. The second-order valence-corrected chi connectivity index (χ2v) is 15.4. The second kappa shape index (κ2) is 10.8. The van der Waals surface area contributed by atoms with Gasteiger partial charge in [-0.3, -0.25) is 0 Å². The molecule has 0 saturated heterocycles. The molecule has 0 heterocycles. The minimum Gasteiger partial charge on any atom is -0.0623 e. The standard InChI is InChI=1S/C43H32Si/c1-5-17-33(18-6-1)43(41-27-15-13-25-39(41)40-26-14-16-28-42(40)43)34-29-31-38(32-30-34)44(35-19-7-2-8-20-35,36-21-9-3-10-22-36)37-23-11-4-12-24-37/h1-32H. The highest BCUT2D eigenvalue weighted by Gasteiger charge is 2.47. The lowest BCUT2D eigenvalue weighted by Crippen LogP contribution is -2.74. The molecule has 8 rings (SSSR count). The molecule has 0 aromatic heterocycles. The van der Waals surface area contributed by atoms with Gasteiger partial charge in [0.2, 0.25) is 0 Å². The summed E-state index contributed by atoms with van der Waals surface area (Å²) in [5.41, 5.74) is 7.51. The summed E-state index contributed by atoms with van der Waals surface area (Å²) >= 11 is 0. The summed E-state index contributed by atoms with van der Waals surface area (Å²) < 4.78 is 0. The molecule has 0 bridgehead atoms. The maximum atomic E-state index is 2.43. The first-order valence-electron chi connectivity index (χ1n) is 15.4. The van der Waals surface area contributed by atoms with E-state index in [-0.39, 0.29) is 0 Å². The Kier molecular flexibility index (Phi) is 6.47. The highest BCUT2D eigenvalue weighted by molar-refractivity contribution is 7.19. The van der Waals surface area contributed by atoms with Crippen molar-refractivity contribution in [2.24, 2.45) is 0 Å². The zero-order valence-electron chi connectivity index (χ0n) is 24.5. The van der Waals surface area contributed by atoms with Gasteiger partial charge >= 0.3 is 0 Å². The van der Waals surface area contributed by atoms with Crippen molar-refractivity contribution >= 4 is 28.8 Å². The van der Waals surface area contributed by atoms with Crippen LogP contribution in [0, 0.1) is 0 Å². The normalized spacial score (nSPS) is 13.2. The quantitative estimate of drug-likeness (QED) is 0.143. The monoisotopic (exact) mass is 576 g/mol. The fraction of sp³-hybridized carbons (Fsp3) is 0.0233. The Morgan fingerprint density at radius 3 is 1.02 bits per heavy atom. The van der Waals surface area contributed by atoms with E-state index in [4.69, 9.17) is 0 Å². The van der Waals surface area contributed by atoms with Crippen molar-refractivity contribution in [2.75, 3.05) is 0 Å². The second-order valence-electron chi connectivity index (χ2n) is 11.6. The summed E-state index contributed by atoms with van der Waals surface area (Å²) in [6.07, 6.45) is 0. The van der Waals surface area contributed by atoms with Gasteiger partial charge in [-0.2, -0.15) is 0 Å². The van der Waals surface area contributed by atoms with Gasteiger partial charge in [0.1, 0.15) is 0 Å². The Labute approximate surface area is 261 Å². The molecular formula is C43H32Si. The van der Waals surface area contributed by atoms with E-state index < -0.39 is 13.5 Å². The number of rotatable bonds is 6. The van der Waals surface area contributed by atoms with Crippen molar-refractivity contribution in [2.45, 2.75) is 5.41 Å². The Morgan fingerprint density at radius 2 is 0.591 bits per heavy atom. The van der Waals surface area contributed by atoms with Gasteiger partial charge in [-0.15, -0.1) is 0 Å². The Balaban J connectivity index is 1.42. The average Bonchev–Trinajstić information content (AvgIpc) is 3.42. The van der Waals surface area contributed by atoms with Gasteiger partial charge in [0.15, 0.2) is 8.07 Å². The molecule has 1 aliphatic carbocycles. The lowest BCUT2D eigenvalue weighted by molar-refractivity contribution is 0.769. The van der Waals surface area contributed by atoms with Crippen molar-refractivity contribution in [1.82, 2.24) is 0 Å². The molecular weight excluding hydrogens is 545 g/mol. The van der Waals surface area contributed by atoms with Crippen molar-refractivity contribution < 1.29 is 0 Å².